The van der Waals surface area contributed by atoms with Crippen molar-refractivity contribution in [3.05, 3.63) is 48.5 Å². The molecule has 7 heteroatoms. The van der Waals surface area contributed by atoms with E-state index < -0.39 is 5.91 Å². The molecule has 0 aliphatic rings. The van der Waals surface area contributed by atoms with Crippen molar-refractivity contribution < 1.29 is 4.79 Å². The minimum absolute atomic E-state index is 0.230. The summed E-state index contributed by atoms with van der Waals surface area (Å²) in [4.78, 5) is 24.6. The van der Waals surface area contributed by atoms with E-state index in [0.717, 1.165) is 15.4 Å². The molecule has 1 amide bonds. The lowest BCUT2D eigenvalue weighted by Crippen LogP contribution is -2.12. The van der Waals surface area contributed by atoms with Crippen LogP contribution < -0.4 is 11.5 Å². The number of anilines is 1. The maximum absolute atomic E-state index is 11.2. The van der Waals surface area contributed by atoms with Crippen molar-refractivity contribution in [2.45, 2.75) is 0 Å². The highest BCUT2D eigenvalue weighted by Gasteiger charge is 2.10. The topological polar surface area (TPSA) is 108 Å². The zero-order chi connectivity index (χ0) is 14.8. The van der Waals surface area contributed by atoms with E-state index in [0.29, 0.717) is 11.4 Å². The first-order valence-corrected chi connectivity index (χ1v) is 6.89. The van der Waals surface area contributed by atoms with Crippen LogP contribution in [0.3, 0.4) is 0 Å². The number of aromatic nitrogens is 3. The van der Waals surface area contributed by atoms with Gasteiger partial charge in [0.25, 0.3) is 5.91 Å². The average molecular weight is 297 g/mol. The van der Waals surface area contributed by atoms with E-state index in [2.05, 4.69) is 15.0 Å². The minimum Gasteiger partial charge on any atom is -0.397 e. The van der Waals surface area contributed by atoms with E-state index in [1.807, 2.05) is 6.07 Å². The molecule has 3 rings (SSSR count). The van der Waals surface area contributed by atoms with Gasteiger partial charge in [0.2, 0.25) is 0 Å². The van der Waals surface area contributed by atoms with Crippen LogP contribution >= 0.6 is 11.3 Å². The van der Waals surface area contributed by atoms with Crippen LogP contribution in [0, 0.1) is 0 Å². The first kappa shape index (κ1) is 13.2. The first-order chi connectivity index (χ1) is 10.1. The molecule has 0 aliphatic heterocycles. The number of hydrogen-bond donors (Lipinski definition) is 2. The maximum Gasteiger partial charge on any atom is 0.267 e. The van der Waals surface area contributed by atoms with E-state index in [4.69, 9.17) is 11.5 Å². The summed E-state index contributed by atoms with van der Waals surface area (Å²) in [5, 5.41) is 0.788. The molecule has 3 aromatic heterocycles. The van der Waals surface area contributed by atoms with Crippen LogP contribution in [0.15, 0.2) is 42.9 Å². The Labute approximate surface area is 124 Å². The third-order valence-electron chi connectivity index (χ3n) is 2.77. The van der Waals surface area contributed by atoms with Crippen molar-refractivity contribution in [3.8, 4) is 21.1 Å². The highest BCUT2D eigenvalue weighted by Crippen LogP contribution is 2.31. The Morgan fingerprint density at radius 2 is 2.05 bits per heavy atom. The average Bonchev–Trinajstić information content (AvgIpc) is 2.97. The Hall–Kier alpha value is -2.80. The molecule has 0 radical (unpaired) electrons. The molecule has 0 aliphatic carbocycles. The van der Waals surface area contributed by atoms with Gasteiger partial charge in [0.1, 0.15) is 10.7 Å². The molecule has 0 atom stereocenters. The zero-order valence-corrected chi connectivity index (χ0v) is 11.7. The minimum atomic E-state index is -0.554. The number of primary amides is 1. The van der Waals surface area contributed by atoms with Crippen molar-refractivity contribution in [3.63, 3.8) is 0 Å². The molecule has 0 spiro atoms. The first-order valence-electron chi connectivity index (χ1n) is 6.07. The largest absolute Gasteiger partial charge is 0.397 e. The number of thiazole rings is 1. The van der Waals surface area contributed by atoms with Gasteiger partial charge in [0, 0.05) is 24.2 Å². The fraction of sp³-hybridized carbons (Fsp3) is 0. The second kappa shape index (κ2) is 5.29. The monoisotopic (exact) mass is 297 g/mol. The summed E-state index contributed by atoms with van der Waals surface area (Å²) in [6.45, 7) is 0. The molecule has 21 heavy (non-hydrogen) atoms. The Balaban J connectivity index is 1.98. The van der Waals surface area contributed by atoms with Gasteiger partial charge >= 0.3 is 0 Å². The molecule has 104 valence electrons. The number of pyridine rings is 2. The molecule has 6 nitrogen and oxygen atoms in total. The van der Waals surface area contributed by atoms with Crippen molar-refractivity contribution in [1.82, 2.24) is 15.0 Å². The predicted octanol–water partition coefficient (Wildman–Crippen LogP) is 1.95. The Morgan fingerprint density at radius 3 is 2.81 bits per heavy atom. The Kier molecular flexibility index (Phi) is 3.33. The second-order valence-electron chi connectivity index (χ2n) is 4.31. The zero-order valence-electron chi connectivity index (χ0n) is 10.9. The number of hydrogen-bond acceptors (Lipinski definition) is 6. The van der Waals surface area contributed by atoms with Gasteiger partial charge in [0.15, 0.2) is 0 Å². The maximum atomic E-state index is 11.2. The van der Waals surface area contributed by atoms with Gasteiger partial charge < -0.3 is 11.5 Å². The van der Waals surface area contributed by atoms with Crippen LogP contribution in [0.1, 0.15) is 10.5 Å². The van der Waals surface area contributed by atoms with Crippen molar-refractivity contribution in [1.29, 1.82) is 0 Å². The van der Waals surface area contributed by atoms with Crippen molar-refractivity contribution in [2.75, 3.05) is 5.73 Å². The van der Waals surface area contributed by atoms with Crippen LogP contribution in [-0.4, -0.2) is 20.9 Å². The third-order valence-corrected chi connectivity index (χ3v) is 3.83. The SMILES string of the molecule is NC(=O)c1cccc(-c2cnc(-c3cncc(N)c3)s2)n1. The Bertz CT molecular complexity index is 814. The number of nitrogens with two attached hydrogens (primary N) is 2. The molecule has 3 aromatic rings. The highest BCUT2D eigenvalue weighted by atomic mass is 32.1. The quantitative estimate of drug-likeness (QED) is 0.768. The fourth-order valence-electron chi connectivity index (χ4n) is 1.81. The molecule has 0 bridgehead atoms. The van der Waals surface area contributed by atoms with Gasteiger partial charge in [-0.1, -0.05) is 6.07 Å². The number of carbonyl (C=O) groups excluding carboxylic acids is 1. The Morgan fingerprint density at radius 1 is 1.19 bits per heavy atom. The molecule has 0 saturated carbocycles. The number of carbonyl (C=O) groups is 1. The lowest BCUT2D eigenvalue weighted by atomic mass is 10.2. The van der Waals surface area contributed by atoms with Crippen molar-refractivity contribution >= 4 is 22.9 Å². The number of rotatable bonds is 3. The lowest BCUT2D eigenvalue weighted by molar-refractivity contribution is 0.0995. The van der Waals surface area contributed by atoms with Crippen molar-refractivity contribution in [2.24, 2.45) is 5.73 Å². The summed E-state index contributed by atoms with van der Waals surface area (Å²) in [7, 11) is 0. The normalized spacial score (nSPS) is 10.5. The van der Waals surface area contributed by atoms with E-state index in [1.165, 1.54) is 11.3 Å². The smallest absolute Gasteiger partial charge is 0.267 e. The summed E-state index contributed by atoms with van der Waals surface area (Å²) in [6.07, 6.45) is 4.98. The van der Waals surface area contributed by atoms with E-state index in [-0.39, 0.29) is 5.69 Å². The molecular formula is C14H11N5OS. The summed E-state index contributed by atoms with van der Waals surface area (Å²) in [5.74, 6) is -0.554. The van der Waals surface area contributed by atoms with Gasteiger partial charge in [-0.3, -0.25) is 9.78 Å². The number of amides is 1. The molecular weight excluding hydrogens is 286 g/mol. The molecule has 0 fully saturated rings. The van der Waals surface area contributed by atoms with E-state index >= 15 is 0 Å². The molecule has 4 N–H and O–H groups in total. The van der Waals surface area contributed by atoms with E-state index in [9.17, 15) is 4.79 Å². The van der Waals surface area contributed by atoms with Crippen LogP contribution in [0.25, 0.3) is 21.1 Å². The van der Waals surface area contributed by atoms with Gasteiger partial charge in [-0.05, 0) is 18.2 Å². The standard InChI is InChI=1S/C14H11N5OS/c15-9-4-8(5-17-6-9)14-18-7-12(21-14)10-2-1-3-11(19-10)13(16)20/h1-7H,15H2,(H2,16,20). The van der Waals surface area contributed by atoms with Gasteiger partial charge in [-0.15, -0.1) is 11.3 Å². The summed E-state index contributed by atoms with van der Waals surface area (Å²) < 4.78 is 0. The van der Waals surface area contributed by atoms with E-state index in [1.54, 1.807) is 36.8 Å². The van der Waals surface area contributed by atoms with Crippen LogP contribution in [0.2, 0.25) is 0 Å². The lowest BCUT2D eigenvalue weighted by Gasteiger charge is -1.99. The summed E-state index contributed by atoms with van der Waals surface area (Å²) in [6, 6.07) is 6.93. The van der Waals surface area contributed by atoms with Crippen LogP contribution in [-0.2, 0) is 0 Å². The van der Waals surface area contributed by atoms with Crippen LogP contribution in [0.5, 0.6) is 0 Å². The molecule has 0 unspecified atom stereocenters. The fourth-order valence-corrected chi connectivity index (χ4v) is 2.68. The molecule has 0 saturated heterocycles. The van der Waals surface area contributed by atoms with Crippen LogP contribution in [0.4, 0.5) is 5.69 Å². The van der Waals surface area contributed by atoms with Gasteiger partial charge in [-0.2, -0.15) is 0 Å². The second-order valence-corrected chi connectivity index (χ2v) is 5.34. The summed E-state index contributed by atoms with van der Waals surface area (Å²) in [5.41, 5.74) is 13.3. The predicted molar refractivity (Wildman–Crippen MR) is 81.5 cm³/mol. The van der Waals surface area contributed by atoms with Gasteiger partial charge in [-0.25, -0.2) is 9.97 Å². The number of nitrogens with zero attached hydrogens (tertiary/aromatic N) is 3. The highest BCUT2D eigenvalue weighted by molar-refractivity contribution is 7.18. The molecule has 3 heterocycles. The number of nitrogen functional groups attached to an aromatic ring is 1. The van der Waals surface area contributed by atoms with Gasteiger partial charge in [0.05, 0.1) is 16.3 Å². The summed E-state index contributed by atoms with van der Waals surface area (Å²) >= 11 is 1.45. The molecule has 0 aromatic carbocycles. The third kappa shape index (κ3) is 2.72.